The average molecular weight is 318 g/mol. The Morgan fingerprint density at radius 3 is 2.70 bits per heavy atom. The number of hydrogen-bond acceptors (Lipinski definition) is 3. The van der Waals surface area contributed by atoms with Crippen molar-refractivity contribution in [3.63, 3.8) is 0 Å². The zero-order valence-electron chi connectivity index (χ0n) is 15.1. The molecule has 0 spiro atoms. The largest absolute Gasteiger partial charge is 0.444 e. The molecule has 1 aliphatic heterocycles. The SMILES string of the molecule is CC(C)c1ccc2c(c1)CN(CCNC(=O)OC(C)(C)C)CC2. The molecule has 1 aromatic rings. The minimum atomic E-state index is -0.443. The van der Waals surface area contributed by atoms with Crippen LogP contribution in [0.1, 0.15) is 57.2 Å². The second kappa shape index (κ2) is 7.35. The topological polar surface area (TPSA) is 41.6 Å². The van der Waals surface area contributed by atoms with Crippen molar-refractivity contribution in [1.29, 1.82) is 0 Å². The van der Waals surface area contributed by atoms with Gasteiger partial charge in [0.15, 0.2) is 0 Å². The van der Waals surface area contributed by atoms with Crippen molar-refractivity contribution in [2.24, 2.45) is 0 Å². The van der Waals surface area contributed by atoms with E-state index in [0.717, 1.165) is 26.1 Å². The minimum Gasteiger partial charge on any atom is -0.444 e. The summed E-state index contributed by atoms with van der Waals surface area (Å²) in [6, 6.07) is 6.87. The van der Waals surface area contributed by atoms with Gasteiger partial charge in [-0.3, -0.25) is 4.90 Å². The number of benzene rings is 1. The molecule has 0 aromatic heterocycles. The van der Waals surface area contributed by atoms with Crippen LogP contribution in [0.2, 0.25) is 0 Å². The molecule has 4 nitrogen and oxygen atoms in total. The lowest BCUT2D eigenvalue weighted by Crippen LogP contribution is -2.39. The van der Waals surface area contributed by atoms with Gasteiger partial charge in [0.1, 0.15) is 5.60 Å². The lowest BCUT2D eigenvalue weighted by molar-refractivity contribution is 0.0521. The second-order valence-electron chi connectivity index (χ2n) is 7.64. The summed E-state index contributed by atoms with van der Waals surface area (Å²) in [5.74, 6) is 0.560. The first kappa shape index (κ1) is 17.8. The minimum absolute atomic E-state index is 0.336. The van der Waals surface area contributed by atoms with Crippen LogP contribution >= 0.6 is 0 Å². The maximum Gasteiger partial charge on any atom is 0.407 e. The Kier molecular flexibility index (Phi) is 5.69. The third-order valence-electron chi connectivity index (χ3n) is 4.08. The normalized spacial score (nSPS) is 15.4. The van der Waals surface area contributed by atoms with Crippen LogP contribution in [0, 0.1) is 0 Å². The van der Waals surface area contributed by atoms with Crippen molar-refractivity contribution in [3.05, 3.63) is 34.9 Å². The van der Waals surface area contributed by atoms with E-state index in [1.165, 1.54) is 16.7 Å². The molecule has 4 heteroatoms. The molecule has 0 unspecified atom stereocenters. The van der Waals surface area contributed by atoms with Gasteiger partial charge >= 0.3 is 6.09 Å². The number of carbonyl (C=O) groups is 1. The molecule has 0 saturated carbocycles. The van der Waals surface area contributed by atoms with Crippen LogP contribution < -0.4 is 5.32 Å². The molecule has 0 aliphatic carbocycles. The Morgan fingerprint density at radius 2 is 2.04 bits per heavy atom. The third kappa shape index (κ3) is 5.54. The van der Waals surface area contributed by atoms with Gasteiger partial charge in [-0.1, -0.05) is 32.0 Å². The summed E-state index contributed by atoms with van der Waals surface area (Å²) in [7, 11) is 0. The number of carbonyl (C=O) groups excluding carboxylic acids is 1. The number of ether oxygens (including phenoxy) is 1. The molecule has 1 N–H and O–H groups in total. The smallest absolute Gasteiger partial charge is 0.407 e. The van der Waals surface area contributed by atoms with Gasteiger partial charge in [0.05, 0.1) is 0 Å². The molecule has 0 atom stereocenters. The summed E-state index contributed by atoms with van der Waals surface area (Å²) in [4.78, 5) is 14.1. The van der Waals surface area contributed by atoms with Crippen molar-refractivity contribution in [2.45, 2.75) is 59.1 Å². The van der Waals surface area contributed by atoms with Crippen LogP contribution in [0.3, 0.4) is 0 Å². The van der Waals surface area contributed by atoms with E-state index in [1.54, 1.807) is 0 Å². The fourth-order valence-corrected chi connectivity index (χ4v) is 2.82. The molecule has 0 saturated heterocycles. The standard InChI is InChI=1S/C19H30N2O2/c1-14(2)16-7-6-15-8-10-21(13-17(15)12-16)11-9-20-18(22)23-19(3,4)5/h6-7,12,14H,8-11,13H2,1-5H3,(H,20,22). The predicted molar refractivity (Wildman–Crippen MR) is 93.7 cm³/mol. The molecule has 1 amide bonds. The quantitative estimate of drug-likeness (QED) is 0.920. The van der Waals surface area contributed by atoms with Gasteiger partial charge in [-0.15, -0.1) is 0 Å². The Balaban J connectivity index is 1.83. The highest BCUT2D eigenvalue weighted by molar-refractivity contribution is 5.67. The predicted octanol–water partition coefficient (Wildman–Crippen LogP) is 3.69. The van der Waals surface area contributed by atoms with E-state index < -0.39 is 5.60 Å². The van der Waals surface area contributed by atoms with Gasteiger partial charge in [-0.05, 0) is 49.8 Å². The highest BCUT2D eigenvalue weighted by Crippen LogP contribution is 2.23. The van der Waals surface area contributed by atoms with E-state index in [0.29, 0.717) is 12.5 Å². The van der Waals surface area contributed by atoms with Gasteiger partial charge in [0, 0.05) is 26.2 Å². The third-order valence-corrected chi connectivity index (χ3v) is 4.08. The van der Waals surface area contributed by atoms with Gasteiger partial charge in [0.2, 0.25) is 0 Å². The highest BCUT2D eigenvalue weighted by Gasteiger charge is 2.18. The van der Waals surface area contributed by atoms with E-state index in [2.05, 4.69) is 42.3 Å². The summed E-state index contributed by atoms with van der Waals surface area (Å²) in [6.45, 7) is 13.6. The van der Waals surface area contributed by atoms with Crippen LogP contribution in [-0.4, -0.2) is 36.2 Å². The summed E-state index contributed by atoms with van der Waals surface area (Å²) < 4.78 is 5.26. The van der Waals surface area contributed by atoms with Crippen molar-refractivity contribution in [2.75, 3.05) is 19.6 Å². The molecule has 1 heterocycles. The monoisotopic (exact) mass is 318 g/mol. The molecule has 128 valence electrons. The van der Waals surface area contributed by atoms with Crippen molar-refractivity contribution >= 4 is 6.09 Å². The fourth-order valence-electron chi connectivity index (χ4n) is 2.82. The van der Waals surface area contributed by atoms with Crippen LogP contribution in [0.5, 0.6) is 0 Å². The fraction of sp³-hybridized carbons (Fsp3) is 0.632. The van der Waals surface area contributed by atoms with Crippen LogP contribution in [0.4, 0.5) is 4.79 Å². The zero-order valence-corrected chi connectivity index (χ0v) is 15.1. The van der Waals surface area contributed by atoms with Crippen molar-refractivity contribution in [3.8, 4) is 0 Å². The number of nitrogens with one attached hydrogen (secondary N) is 1. The molecule has 0 bridgehead atoms. The number of rotatable bonds is 4. The number of hydrogen-bond donors (Lipinski definition) is 1. The van der Waals surface area contributed by atoms with Crippen LogP contribution in [0.25, 0.3) is 0 Å². The van der Waals surface area contributed by atoms with Crippen LogP contribution in [0.15, 0.2) is 18.2 Å². The Labute approximate surface area is 140 Å². The number of nitrogens with zero attached hydrogens (tertiary/aromatic N) is 1. The van der Waals surface area contributed by atoms with Gasteiger partial charge in [-0.25, -0.2) is 4.79 Å². The van der Waals surface area contributed by atoms with E-state index in [1.807, 2.05) is 20.8 Å². The lowest BCUT2D eigenvalue weighted by atomic mass is 9.93. The Hall–Kier alpha value is -1.55. The van der Waals surface area contributed by atoms with Crippen molar-refractivity contribution in [1.82, 2.24) is 10.2 Å². The molecule has 0 fully saturated rings. The first-order valence-electron chi connectivity index (χ1n) is 8.55. The second-order valence-corrected chi connectivity index (χ2v) is 7.64. The van der Waals surface area contributed by atoms with Crippen molar-refractivity contribution < 1.29 is 9.53 Å². The lowest BCUT2D eigenvalue weighted by Gasteiger charge is -2.29. The maximum atomic E-state index is 11.7. The van der Waals surface area contributed by atoms with Crippen LogP contribution in [-0.2, 0) is 17.7 Å². The molecule has 1 aliphatic rings. The zero-order chi connectivity index (χ0) is 17.0. The van der Waals surface area contributed by atoms with Gasteiger partial charge in [-0.2, -0.15) is 0 Å². The first-order valence-corrected chi connectivity index (χ1v) is 8.55. The average Bonchev–Trinajstić information content (AvgIpc) is 2.44. The number of alkyl carbamates (subject to hydrolysis) is 1. The summed E-state index contributed by atoms with van der Waals surface area (Å²) in [5.41, 5.74) is 3.85. The summed E-state index contributed by atoms with van der Waals surface area (Å²) in [6.07, 6.45) is 0.747. The molecule has 0 radical (unpaired) electrons. The molecular formula is C19H30N2O2. The number of fused-ring (bicyclic) bond motifs is 1. The molecule has 23 heavy (non-hydrogen) atoms. The van der Waals surface area contributed by atoms with Gasteiger partial charge in [0.25, 0.3) is 0 Å². The summed E-state index contributed by atoms with van der Waals surface area (Å²) in [5, 5.41) is 2.84. The van der Waals surface area contributed by atoms with Gasteiger partial charge < -0.3 is 10.1 Å². The summed E-state index contributed by atoms with van der Waals surface area (Å²) >= 11 is 0. The molecule has 2 rings (SSSR count). The molecule has 1 aromatic carbocycles. The van der Waals surface area contributed by atoms with E-state index in [-0.39, 0.29) is 6.09 Å². The van der Waals surface area contributed by atoms with E-state index in [4.69, 9.17) is 4.74 Å². The maximum absolute atomic E-state index is 11.7. The highest BCUT2D eigenvalue weighted by atomic mass is 16.6. The first-order chi connectivity index (χ1) is 10.7. The molecular weight excluding hydrogens is 288 g/mol. The van der Waals surface area contributed by atoms with E-state index in [9.17, 15) is 4.79 Å². The Bertz CT molecular complexity index is 547. The van der Waals surface area contributed by atoms with E-state index >= 15 is 0 Å². The number of amides is 1. The Morgan fingerprint density at radius 1 is 1.30 bits per heavy atom.